The molecule has 0 bridgehead atoms. The van der Waals surface area contributed by atoms with Crippen LogP contribution in [-0.4, -0.2) is 68.2 Å². The second-order valence-corrected chi connectivity index (χ2v) is 9.94. The third-order valence-electron chi connectivity index (χ3n) is 4.49. The minimum Gasteiger partial charge on any atom is -0.481 e. The number of Topliss-reactive ketones (excluding diaryl/α,β-unsaturated/α-hetero) is 1. The molecule has 0 saturated carbocycles. The second kappa shape index (κ2) is 9.95. The summed E-state index contributed by atoms with van der Waals surface area (Å²) in [4.78, 5) is 45.3. The van der Waals surface area contributed by atoms with Crippen molar-refractivity contribution in [1.82, 2.24) is 0 Å². The molecule has 0 aromatic heterocycles. The normalized spacial score (nSPS) is 13.1. The molecular weight excluding hydrogens is 400 g/mol. The zero-order chi connectivity index (χ0) is 24.9. The smallest absolute Gasteiger partial charge is 0.321 e. The fraction of sp³-hybridized carbons (Fsp3) is 0.800. The molecule has 0 rings (SSSR count). The molecule has 0 heterocycles. The summed E-state index contributed by atoms with van der Waals surface area (Å²) in [7, 11) is 0. The number of carbonyl (C=O) groups is 4. The monoisotopic (exact) mass is 436 g/mol. The Hall–Kier alpha value is -1.88. The molecular formula is C20H36O10. The molecule has 10 heteroatoms. The van der Waals surface area contributed by atoms with Crippen molar-refractivity contribution in [3.05, 3.63) is 0 Å². The van der Waals surface area contributed by atoms with Crippen LogP contribution in [0.4, 0.5) is 0 Å². The highest BCUT2D eigenvalue weighted by atomic mass is 16.6. The van der Waals surface area contributed by atoms with E-state index in [4.69, 9.17) is 15.3 Å². The Balaban J connectivity index is 0. The van der Waals surface area contributed by atoms with E-state index in [0.717, 1.165) is 13.8 Å². The first-order valence-corrected chi connectivity index (χ1v) is 9.24. The number of aliphatic hydroxyl groups is 4. The van der Waals surface area contributed by atoms with Gasteiger partial charge in [-0.2, -0.15) is 0 Å². The molecule has 0 aliphatic heterocycles. The van der Waals surface area contributed by atoms with Gasteiger partial charge in [-0.15, -0.1) is 0 Å². The van der Waals surface area contributed by atoms with Gasteiger partial charge in [-0.3, -0.25) is 19.2 Å². The van der Waals surface area contributed by atoms with E-state index < -0.39 is 64.4 Å². The van der Waals surface area contributed by atoms with Crippen LogP contribution in [0.3, 0.4) is 0 Å². The van der Waals surface area contributed by atoms with Crippen molar-refractivity contribution in [3.8, 4) is 0 Å². The first-order chi connectivity index (χ1) is 13.0. The maximum Gasteiger partial charge on any atom is 0.321 e. The number of hydrogen-bond donors (Lipinski definition) is 5. The number of hydrogen-bond acceptors (Lipinski definition) is 9. The molecule has 0 spiro atoms. The minimum absolute atomic E-state index is 0.404. The Labute approximate surface area is 176 Å². The number of ether oxygens (including phenoxy) is 1. The van der Waals surface area contributed by atoms with Crippen LogP contribution in [-0.2, 0) is 23.9 Å². The lowest BCUT2D eigenvalue weighted by atomic mass is 9.73. The summed E-state index contributed by atoms with van der Waals surface area (Å²) < 4.78 is 4.56. The first kappa shape index (κ1) is 30.3. The van der Waals surface area contributed by atoms with Gasteiger partial charge in [0.2, 0.25) is 5.79 Å². The van der Waals surface area contributed by atoms with Gasteiger partial charge in [0.25, 0.3) is 0 Å². The van der Waals surface area contributed by atoms with E-state index in [1.54, 1.807) is 0 Å². The SMILES string of the molecule is CC(C)(C)C(=O)C(O)(O)C(C)(C)C(=O)O.CC(C)(CO)C(=O)OC(=O)C(C)(C)CO. The maximum atomic E-state index is 11.7. The minimum atomic E-state index is -2.88. The highest BCUT2D eigenvalue weighted by Gasteiger charge is 2.56. The summed E-state index contributed by atoms with van der Waals surface area (Å²) in [5.74, 6) is -6.82. The summed E-state index contributed by atoms with van der Waals surface area (Å²) in [6.45, 7) is 11.7. The Kier molecular flexibility index (Phi) is 10.1. The number of esters is 2. The van der Waals surface area contributed by atoms with Crippen LogP contribution in [0, 0.1) is 21.7 Å². The number of carboxylic acids is 1. The van der Waals surface area contributed by atoms with Gasteiger partial charge in [-0.05, 0) is 41.5 Å². The summed E-state index contributed by atoms with van der Waals surface area (Å²) in [5.41, 5.74) is -5.18. The van der Waals surface area contributed by atoms with E-state index in [1.807, 2.05) is 0 Å². The molecule has 0 amide bonds. The lowest BCUT2D eigenvalue weighted by molar-refractivity contribution is -0.235. The van der Waals surface area contributed by atoms with Crippen LogP contribution in [0.15, 0.2) is 0 Å². The van der Waals surface area contributed by atoms with Gasteiger partial charge in [0.15, 0.2) is 5.78 Å². The third kappa shape index (κ3) is 7.42. The Bertz CT molecular complexity index is 625. The molecule has 5 N–H and O–H groups in total. The summed E-state index contributed by atoms with van der Waals surface area (Å²) >= 11 is 0. The molecule has 0 aliphatic carbocycles. The molecule has 0 aromatic rings. The predicted molar refractivity (Wildman–Crippen MR) is 106 cm³/mol. The molecule has 30 heavy (non-hydrogen) atoms. The number of carbonyl (C=O) groups excluding carboxylic acids is 3. The third-order valence-corrected chi connectivity index (χ3v) is 4.49. The highest BCUT2D eigenvalue weighted by Crippen LogP contribution is 2.35. The van der Waals surface area contributed by atoms with Gasteiger partial charge in [0, 0.05) is 5.41 Å². The van der Waals surface area contributed by atoms with Crippen molar-refractivity contribution in [2.75, 3.05) is 13.2 Å². The van der Waals surface area contributed by atoms with Gasteiger partial charge in [0.05, 0.1) is 24.0 Å². The summed E-state index contributed by atoms with van der Waals surface area (Å²) in [5, 5.41) is 45.9. The van der Waals surface area contributed by atoms with Crippen LogP contribution < -0.4 is 0 Å². The molecule has 0 aliphatic rings. The van der Waals surface area contributed by atoms with E-state index in [-0.39, 0.29) is 0 Å². The second-order valence-electron chi connectivity index (χ2n) is 9.94. The first-order valence-electron chi connectivity index (χ1n) is 9.24. The van der Waals surface area contributed by atoms with Gasteiger partial charge in [0.1, 0.15) is 5.41 Å². The Morgan fingerprint density at radius 2 is 1.00 bits per heavy atom. The number of carboxylic acid groups (broad SMARTS) is 1. The zero-order valence-electron chi connectivity index (χ0n) is 19.2. The molecule has 0 fully saturated rings. The molecule has 0 saturated heterocycles. The maximum absolute atomic E-state index is 11.7. The summed E-state index contributed by atoms with van der Waals surface area (Å²) in [6.07, 6.45) is 0. The van der Waals surface area contributed by atoms with Crippen LogP contribution in [0.25, 0.3) is 0 Å². The van der Waals surface area contributed by atoms with Crippen molar-refractivity contribution in [2.24, 2.45) is 21.7 Å². The van der Waals surface area contributed by atoms with Crippen LogP contribution in [0.2, 0.25) is 0 Å². The van der Waals surface area contributed by atoms with E-state index in [1.165, 1.54) is 48.5 Å². The van der Waals surface area contributed by atoms with Crippen molar-refractivity contribution in [1.29, 1.82) is 0 Å². The van der Waals surface area contributed by atoms with E-state index in [9.17, 15) is 29.4 Å². The Morgan fingerprint density at radius 1 is 0.700 bits per heavy atom. The van der Waals surface area contributed by atoms with Crippen molar-refractivity contribution in [2.45, 2.75) is 68.1 Å². The lowest BCUT2D eigenvalue weighted by Gasteiger charge is -2.37. The quantitative estimate of drug-likeness (QED) is 0.214. The van der Waals surface area contributed by atoms with Crippen molar-refractivity contribution < 1.29 is 49.4 Å². The standard InChI is InChI=1S/2C10H18O5/c1-9(2,5-11)7(13)15-8(14)10(3,4)6-12;1-8(2,3)6(11)10(14,15)9(4,5)7(12)13/h11-12H,5-6H2,1-4H3;14-15H,1-5H3,(H,12,13). The average Bonchev–Trinajstić information content (AvgIpc) is 2.60. The van der Waals surface area contributed by atoms with Crippen LogP contribution in [0.5, 0.6) is 0 Å². The van der Waals surface area contributed by atoms with Gasteiger partial charge < -0.3 is 30.3 Å². The molecule has 0 unspecified atom stereocenters. The molecule has 0 aromatic carbocycles. The van der Waals surface area contributed by atoms with Crippen molar-refractivity contribution >= 4 is 23.7 Å². The largest absolute Gasteiger partial charge is 0.481 e. The molecule has 0 radical (unpaired) electrons. The van der Waals surface area contributed by atoms with Gasteiger partial charge >= 0.3 is 17.9 Å². The average molecular weight is 436 g/mol. The van der Waals surface area contributed by atoms with Crippen LogP contribution >= 0.6 is 0 Å². The lowest BCUT2D eigenvalue weighted by Crippen LogP contribution is -2.58. The van der Waals surface area contributed by atoms with Crippen molar-refractivity contribution in [3.63, 3.8) is 0 Å². The highest BCUT2D eigenvalue weighted by molar-refractivity contribution is 5.95. The number of aliphatic carboxylic acids is 1. The zero-order valence-corrected chi connectivity index (χ0v) is 19.2. The molecule has 10 nitrogen and oxygen atoms in total. The number of aliphatic hydroxyl groups excluding tert-OH is 2. The number of ketones is 1. The fourth-order valence-corrected chi connectivity index (χ4v) is 1.45. The van der Waals surface area contributed by atoms with E-state index in [0.29, 0.717) is 0 Å². The van der Waals surface area contributed by atoms with Crippen LogP contribution in [0.1, 0.15) is 62.3 Å². The van der Waals surface area contributed by atoms with Gasteiger partial charge in [-0.1, -0.05) is 20.8 Å². The predicted octanol–water partition coefficient (Wildman–Crippen LogP) is 0.486. The van der Waals surface area contributed by atoms with Gasteiger partial charge in [-0.25, -0.2) is 0 Å². The van der Waals surface area contributed by atoms with E-state index in [2.05, 4.69) is 4.74 Å². The molecule has 0 atom stereocenters. The van der Waals surface area contributed by atoms with E-state index >= 15 is 0 Å². The summed E-state index contributed by atoms with van der Waals surface area (Å²) in [6, 6.07) is 0. The Morgan fingerprint density at radius 3 is 1.20 bits per heavy atom. The topological polar surface area (TPSA) is 179 Å². The number of rotatable bonds is 7. The fourth-order valence-electron chi connectivity index (χ4n) is 1.45. The molecule has 176 valence electrons.